The number of aliphatic hydroxyl groups excluding tert-OH is 1. The summed E-state index contributed by atoms with van der Waals surface area (Å²) >= 11 is 3.40. The van der Waals surface area contributed by atoms with Gasteiger partial charge in [-0.2, -0.15) is 0 Å². The Morgan fingerprint density at radius 3 is 2.65 bits per heavy atom. The Hall–Kier alpha value is -0.680. The van der Waals surface area contributed by atoms with Crippen LogP contribution in [-0.2, 0) is 0 Å². The zero-order valence-electron chi connectivity index (χ0n) is 10.4. The maximum atomic E-state index is 9.68. The summed E-state index contributed by atoms with van der Waals surface area (Å²) in [6, 6.07) is 1.84. The van der Waals surface area contributed by atoms with Gasteiger partial charge in [0.25, 0.3) is 0 Å². The molecule has 1 atom stereocenters. The van der Waals surface area contributed by atoms with Crippen molar-refractivity contribution in [1.82, 2.24) is 9.97 Å². The van der Waals surface area contributed by atoms with Crippen LogP contribution in [0.3, 0.4) is 0 Å². The van der Waals surface area contributed by atoms with Crippen LogP contribution in [0, 0.1) is 0 Å². The molecule has 2 N–H and O–H groups in total. The Kier molecular flexibility index (Phi) is 3.41. The third kappa shape index (κ3) is 3.16. The predicted molar refractivity (Wildman–Crippen MR) is 71.1 cm³/mol. The smallest absolute Gasteiger partial charge is 0.135 e. The van der Waals surface area contributed by atoms with Crippen molar-refractivity contribution >= 4 is 21.7 Å². The van der Waals surface area contributed by atoms with Crippen molar-refractivity contribution in [2.24, 2.45) is 0 Å². The third-order valence-electron chi connectivity index (χ3n) is 3.15. The summed E-state index contributed by atoms with van der Waals surface area (Å²) in [7, 11) is 0. The molecule has 1 fully saturated rings. The molecule has 1 heterocycles. The number of nitrogens with one attached hydrogen (secondary N) is 1. The molecule has 17 heavy (non-hydrogen) atoms. The highest BCUT2D eigenvalue weighted by atomic mass is 79.9. The molecule has 4 nitrogen and oxygen atoms in total. The second-order valence-electron chi connectivity index (χ2n) is 5.23. The van der Waals surface area contributed by atoms with Crippen LogP contribution in [0.4, 0.5) is 5.82 Å². The predicted octanol–water partition coefficient (Wildman–Crippen LogP) is 2.69. The quantitative estimate of drug-likeness (QED) is 0.839. The standard InChI is InChI=1S/C12H18BrN3O/c1-7(17)12(2,3)16-10-6-9(13)14-11(15-10)8-4-5-8/h6-8,17H,4-5H2,1-3H3,(H,14,15,16). The van der Waals surface area contributed by atoms with Crippen LogP contribution >= 0.6 is 15.9 Å². The number of hydrogen-bond donors (Lipinski definition) is 2. The van der Waals surface area contributed by atoms with Crippen molar-refractivity contribution in [2.75, 3.05) is 5.32 Å². The van der Waals surface area contributed by atoms with Crippen LogP contribution in [0.25, 0.3) is 0 Å². The SMILES string of the molecule is CC(O)C(C)(C)Nc1cc(Br)nc(C2CC2)n1. The highest BCUT2D eigenvalue weighted by molar-refractivity contribution is 9.10. The van der Waals surface area contributed by atoms with E-state index >= 15 is 0 Å². The molecular weight excluding hydrogens is 282 g/mol. The molecule has 1 unspecified atom stereocenters. The molecule has 0 bridgehead atoms. The maximum Gasteiger partial charge on any atom is 0.135 e. The number of aromatic nitrogens is 2. The topological polar surface area (TPSA) is 58.0 Å². The van der Waals surface area contributed by atoms with Crippen molar-refractivity contribution in [3.05, 3.63) is 16.5 Å². The molecule has 0 radical (unpaired) electrons. The Morgan fingerprint density at radius 2 is 2.12 bits per heavy atom. The number of halogens is 1. The van der Waals surface area contributed by atoms with Crippen molar-refractivity contribution in [2.45, 2.75) is 51.2 Å². The first-order chi connectivity index (χ1) is 7.88. The Labute approximate surface area is 110 Å². The lowest BCUT2D eigenvalue weighted by atomic mass is 9.99. The van der Waals surface area contributed by atoms with Crippen LogP contribution in [-0.4, -0.2) is 26.7 Å². The minimum atomic E-state index is -0.458. The molecule has 2 rings (SSSR count). The number of anilines is 1. The highest BCUT2D eigenvalue weighted by Gasteiger charge is 2.29. The van der Waals surface area contributed by atoms with E-state index in [0.29, 0.717) is 5.92 Å². The molecule has 1 aromatic rings. The fourth-order valence-corrected chi connectivity index (χ4v) is 1.86. The molecule has 0 saturated heterocycles. The van der Waals surface area contributed by atoms with Crippen LogP contribution in [0.5, 0.6) is 0 Å². The van der Waals surface area contributed by atoms with Gasteiger partial charge in [-0.3, -0.25) is 0 Å². The first kappa shape index (κ1) is 12.8. The van der Waals surface area contributed by atoms with Gasteiger partial charge in [0.15, 0.2) is 0 Å². The summed E-state index contributed by atoms with van der Waals surface area (Å²) in [5, 5.41) is 12.9. The van der Waals surface area contributed by atoms with E-state index in [1.54, 1.807) is 6.92 Å². The molecule has 0 aliphatic heterocycles. The fraction of sp³-hybridized carbons (Fsp3) is 0.667. The van der Waals surface area contributed by atoms with Gasteiger partial charge in [-0.25, -0.2) is 9.97 Å². The molecule has 94 valence electrons. The average molecular weight is 300 g/mol. The summed E-state index contributed by atoms with van der Waals surface area (Å²) in [5.74, 6) is 2.17. The van der Waals surface area contributed by atoms with Crippen LogP contribution in [0.1, 0.15) is 45.4 Å². The van der Waals surface area contributed by atoms with Gasteiger partial charge in [0.05, 0.1) is 11.6 Å². The van der Waals surface area contributed by atoms with E-state index in [9.17, 15) is 5.11 Å². The largest absolute Gasteiger partial charge is 0.391 e. The molecule has 1 saturated carbocycles. The van der Waals surface area contributed by atoms with Gasteiger partial charge in [-0.05, 0) is 49.5 Å². The molecule has 1 aliphatic carbocycles. The van der Waals surface area contributed by atoms with Crippen LogP contribution in [0.15, 0.2) is 10.7 Å². The lowest BCUT2D eigenvalue weighted by Gasteiger charge is -2.30. The van der Waals surface area contributed by atoms with E-state index in [-0.39, 0.29) is 0 Å². The first-order valence-electron chi connectivity index (χ1n) is 5.89. The zero-order valence-corrected chi connectivity index (χ0v) is 12.0. The number of nitrogens with zero attached hydrogens (tertiary/aromatic N) is 2. The van der Waals surface area contributed by atoms with E-state index in [4.69, 9.17) is 0 Å². The minimum absolute atomic E-state index is 0.408. The molecule has 0 amide bonds. The monoisotopic (exact) mass is 299 g/mol. The van der Waals surface area contributed by atoms with Crippen LogP contribution in [0.2, 0.25) is 0 Å². The first-order valence-corrected chi connectivity index (χ1v) is 6.68. The molecule has 0 aromatic carbocycles. The number of rotatable bonds is 4. The van der Waals surface area contributed by atoms with Crippen molar-refractivity contribution in [1.29, 1.82) is 0 Å². The summed E-state index contributed by atoms with van der Waals surface area (Å²) in [5.41, 5.74) is -0.408. The minimum Gasteiger partial charge on any atom is -0.391 e. The molecule has 0 spiro atoms. The number of aliphatic hydroxyl groups is 1. The summed E-state index contributed by atoms with van der Waals surface area (Å²) in [6.45, 7) is 5.67. The molecule has 5 heteroatoms. The van der Waals surface area contributed by atoms with E-state index in [1.807, 2.05) is 19.9 Å². The zero-order chi connectivity index (χ0) is 12.6. The lowest BCUT2D eigenvalue weighted by Crippen LogP contribution is -2.42. The van der Waals surface area contributed by atoms with Crippen molar-refractivity contribution in [3.63, 3.8) is 0 Å². The van der Waals surface area contributed by atoms with E-state index < -0.39 is 11.6 Å². The van der Waals surface area contributed by atoms with Gasteiger partial charge in [0.2, 0.25) is 0 Å². The van der Waals surface area contributed by atoms with Crippen molar-refractivity contribution < 1.29 is 5.11 Å². The Morgan fingerprint density at radius 1 is 1.47 bits per heavy atom. The molecule has 1 aliphatic rings. The molecule has 1 aromatic heterocycles. The summed E-state index contributed by atoms with van der Waals surface area (Å²) in [4.78, 5) is 8.87. The van der Waals surface area contributed by atoms with Crippen molar-refractivity contribution in [3.8, 4) is 0 Å². The summed E-state index contributed by atoms with van der Waals surface area (Å²) in [6.07, 6.45) is 1.89. The van der Waals surface area contributed by atoms with Gasteiger partial charge < -0.3 is 10.4 Å². The van der Waals surface area contributed by atoms with E-state index in [2.05, 4.69) is 31.2 Å². The fourth-order valence-electron chi connectivity index (χ4n) is 1.46. The Balaban J connectivity index is 2.20. The van der Waals surface area contributed by atoms with E-state index in [0.717, 1.165) is 16.2 Å². The van der Waals surface area contributed by atoms with Gasteiger partial charge in [0, 0.05) is 12.0 Å². The highest BCUT2D eigenvalue weighted by Crippen LogP contribution is 2.39. The summed E-state index contributed by atoms with van der Waals surface area (Å²) < 4.78 is 0.790. The third-order valence-corrected chi connectivity index (χ3v) is 3.56. The second-order valence-corrected chi connectivity index (χ2v) is 6.04. The van der Waals surface area contributed by atoms with Crippen LogP contribution < -0.4 is 5.32 Å². The Bertz CT molecular complexity index is 416. The average Bonchev–Trinajstić information content (AvgIpc) is 2.98. The lowest BCUT2D eigenvalue weighted by molar-refractivity contribution is 0.133. The van der Waals surface area contributed by atoms with Gasteiger partial charge in [-0.15, -0.1) is 0 Å². The molecular formula is C12H18BrN3O. The van der Waals surface area contributed by atoms with E-state index in [1.165, 1.54) is 12.8 Å². The van der Waals surface area contributed by atoms with Gasteiger partial charge >= 0.3 is 0 Å². The van der Waals surface area contributed by atoms with Gasteiger partial charge in [0.1, 0.15) is 16.2 Å². The maximum absolute atomic E-state index is 9.68. The normalized spacial score (nSPS) is 17.9. The number of hydrogen-bond acceptors (Lipinski definition) is 4. The second kappa shape index (κ2) is 4.53. The van der Waals surface area contributed by atoms with Gasteiger partial charge in [-0.1, -0.05) is 0 Å².